The Labute approximate surface area is 198 Å². The van der Waals surface area contributed by atoms with Crippen LogP contribution in [0.3, 0.4) is 0 Å². The molecule has 0 saturated carbocycles. The Morgan fingerprint density at radius 3 is 1.85 bits per heavy atom. The van der Waals surface area contributed by atoms with Gasteiger partial charge in [0.05, 0.1) is 17.0 Å². The van der Waals surface area contributed by atoms with Gasteiger partial charge >= 0.3 is 0 Å². The zero-order valence-corrected chi connectivity index (χ0v) is 18.5. The van der Waals surface area contributed by atoms with Crippen LogP contribution in [0.2, 0.25) is 0 Å². The first-order valence-electron chi connectivity index (χ1n) is 11.3. The monoisotopic (exact) mass is 438 g/mol. The molecule has 0 aliphatic carbocycles. The fraction of sp³-hybridized carbons (Fsp3) is 0. The Morgan fingerprint density at radius 1 is 0.559 bits per heavy atom. The first kappa shape index (κ1) is 20.0. The highest BCUT2D eigenvalue weighted by atomic mass is 16.3. The standard InChI is InChI=1S/C31H22N2O/c34-27-21-20-22-12-10-11-19-26(22)28(27)31-32-29(23-13-4-1-5-14-23)30(24-15-6-2-7-16-24)33(31)25-17-8-3-9-18-25/h1-21,34H. The van der Waals surface area contributed by atoms with Gasteiger partial charge in [-0.25, -0.2) is 4.98 Å². The van der Waals surface area contributed by atoms with E-state index >= 15 is 0 Å². The second-order valence-corrected chi connectivity index (χ2v) is 8.22. The van der Waals surface area contributed by atoms with Gasteiger partial charge in [0.15, 0.2) is 0 Å². The number of phenolic OH excluding ortho intramolecular Hbond substituents is 1. The van der Waals surface area contributed by atoms with Crippen molar-refractivity contribution in [1.82, 2.24) is 9.55 Å². The largest absolute Gasteiger partial charge is 0.507 e. The summed E-state index contributed by atoms with van der Waals surface area (Å²) in [6, 6.07) is 42.6. The van der Waals surface area contributed by atoms with Crippen molar-refractivity contribution in [3.8, 4) is 45.3 Å². The molecule has 0 aliphatic rings. The maximum atomic E-state index is 11.1. The lowest BCUT2D eigenvalue weighted by Gasteiger charge is -2.15. The molecule has 3 heteroatoms. The highest BCUT2D eigenvalue weighted by Gasteiger charge is 2.24. The molecule has 0 radical (unpaired) electrons. The maximum Gasteiger partial charge on any atom is 0.150 e. The molecule has 0 amide bonds. The van der Waals surface area contributed by atoms with Gasteiger partial charge in [0.1, 0.15) is 11.6 Å². The van der Waals surface area contributed by atoms with Crippen molar-refractivity contribution in [2.45, 2.75) is 0 Å². The van der Waals surface area contributed by atoms with Gasteiger partial charge in [-0.05, 0) is 29.0 Å². The van der Waals surface area contributed by atoms with Crippen LogP contribution in [-0.4, -0.2) is 14.7 Å². The molecule has 1 heterocycles. The number of benzene rings is 5. The minimum absolute atomic E-state index is 0.208. The molecule has 0 aliphatic heterocycles. The lowest BCUT2D eigenvalue weighted by Crippen LogP contribution is -2.00. The van der Waals surface area contributed by atoms with Crippen molar-refractivity contribution < 1.29 is 5.11 Å². The van der Waals surface area contributed by atoms with Gasteiger partial charge in [-0.15, -0.1) is 0 Å². The summed E-state index contributed by atoms with van der Waals surface area (Å²) in [4.78, 5) is 5.22. The summed E-state index contributed by atoms with van der Waals surface area (Å²) < 4.78 is 2.17. The molecule has 34 heavy (non-hydrogen) atoms. The van der Waals surface area contributed by atoms with Crippen LogP contribution in [-0.2, 0) is 0 Å². The van der Waals surface area contributed by atoms with E-state index in [1.165, 1.54) is 0 Å². The van der Waals surface area contributed by atoms with Crippen molar-refractivity contribution in [2.24, 2.45) is 0 Å². The molecular weight excluding hydrogens is 416 g/mol. The number of fused-ring (bicyclic) bond motifs is 1. The lowest BCUT2D eigenvalue weighted by molar-refractivity contribution is 0.477. The van der Waals surface area contributed by atoms with E-state index in [9.17, 15) is 5.11 Å². The molecule has 0 saturated heterocycles. The average Bonchev–Trinajstić information content (AvgIpc) is 3.30. The zero-order valence-electron chi connectivity index (χ0n) is 18.5. The van der Waals surface area contributed by atoms with Crippen LogP contribution in [0, 0.1) is 0 Å². The van der Waals surface area contributed by atoms with Gasteiger partial charge in [-0.2, -0.15) is 0 Å². The fourth-order valence-electron chi connectivity index (χ4n) is 4.57. The van der Waals surface area contributed by atoms with Crippen LogP contribution in [0.5, 0.6) is 5.75 Å². The van der Waals surface area contributed by atoms with E-state index in [4.69, 9.17) is 4.98 Å². The van der Waals surface area contributed by atoms with Crippen molar-refractivity contribution >= 4 is 10.8 Å². The summed E-state index contributed by atoms with van der Waals surface area (Å²) in [5.74, 6) is 0.915. The van der Waals surface area contributed by atoms with Gasteiger partial charge in [0.2, 0.25) is 0 Å². The summed E-state index contributed by atoms with van der Waals surface area (Å²) in [7, 11) is 0. The normalized spacial score (nSPS) is 11.1. The van der Waals surface area contributed by atoms with E-state index in [0.29, 0.717) is 5.82 Å². The Kier molecular flexibility index (Phi) is 4.93. The summed E-state index contributed by atoms with van der Waals surface area (Å²) in [5.41, 5.74) is 5.65. The smallest absolute Gasteiger partial charge is 0.150 e. The number of nitrogens with zero attached hydrogens (tertiary/aromatic N) is 2. The molecule has 0 atom stereocenters. The molecular formula is C31H22N2O. The van der Waals surface area contributed by atoms with Gasteiger partial charge in [0, 0.05) is 16.8 Å². The molecule has 0 unspecified atom stereocenters. The predicted octanol–water partition coefficient (Wildman–Crippen LogP) is 7.73. The van der Waals surface area contributed by atoms with E-state index in [2.05, 4.69) is 47.0 Å². The minimum atomic E-state index is 0.208. The topological polar surface area (TPSA) is 38.1 Å². The number of hydrogen-bond donors (Lipinski definition) is 1. The lowest BCUT2D eigenvalue weighted by atomic mass is 10.0. The van der Waals surface area contributed by atoms with Gasteiger partial charge < -0.3 is 5.11 Å². The fourth-order valence-corrected chi connectivity index (χ4v) is 4.57. The third-order valence-electron chi connectivity index (χ3n) is 6.12. The number of aromatic nitrogens is 2. The molecule has 6 rings (SSSR count). The number of para-hydroxylation sites is 1. The third kappa shape index (κ3) is 3.35. The number of phenols is 1. The molecule has 0 bridgehead atoms. The quantitative estimate of drug-likeness (QED) is 0.306. The van der Waals surface area contributed by atoms with Crippen molar-refractivity contribution in [3.05, 3.63) is 127 Å². The summed E-state index contributed by atoms with van der Waals surface area (Å²) in [5, 5.41) is 13.1. The maximum absolute atomic E-state index is 11.1. The number of imidazole rings is 1. The Bertz CT molecular complexity index is 1590. The van der Waals surface area contributed by atoms with Crippen molar-refractivity contribution in [1.29, 1.82) is 0 Å². The SMILES string of the molecule is Oc1ccc2ccccc2c1-c1nc(-c2ccccc2)c(-c2ccccc2)n1-c1ccccc1. The molecule has 1 N–H and O–H groups in total. The number of hydrogen-bond acceptors (Lipinski definition) is 2. The zero-order chi connectivity index (χ0) is 22.9. The van der Waals surface area contributed by atoms with Gasteiger partial charge in [0.25, 0.3) is 0 Å². The second-order valence-electron chi connectivity index (χ2n) is 8.22. The Morgan fingerprint density at radius 2 is 1.15 bits per heavy atom. The first-order valence-corrected chi connectivity index (χ1v) is 11.3. The predicted molar refractivity (Wildman–Crippen MR) is 139 cm³/mol. The molecule has 162 valence electrons. The van der Waals surface area contributed by atoms with Crippen LogP contribution in [0.15, 0.2) is 127 Å². The van der Waals surface area contributed by atoms with Crippen LogP contribution in [0.1, 0.15) is 0 Å². The molecule has 3 nitrogen and oxygen atoms in total. The van der Waals surface area contributed by atoms with E-state index in [-0.39, 0.29) is 5.75 Å². The Hall–Kier alpha value is -4.63. The van der Waals surface area contributed by atoms with E-state index in [1.54, 1.807) is 6.07 Å². The highest BCUT2D eigenvalue weighted by Crippen LogP contribution is 2.43. The van der Waals surface area contributed by atoms with Crippen LogP contribution in [0.25, 0.3) is 50.4 Å². The summed E-state index contributed by atoms with van der Waals surface area (Å²) in [6.45, 7) is 0. The third-order valence-corrected chi connectivity index (χ3v) is 6.12. The molecule has 5 aromatic carbocycles. The summed E-state index contributed by atoms with van der Waals surface area (Å²) >= 11 is 0. The van der Waals surface area contributed by atoms with Crippen molar-refractivity contribution in [2.75, 3.05) is 0 Å². The number of aromatic hydroxyl groups is 1. The summed E-state index contributed by atoms with van der Waals surface area (Å²) in [6.07, 6.45) is 0. The molecule has 0 spiro atoms. The molecule has 6 aromatic rings. The molecule has 0 fully saturated rings. The minimum Gasteiger partial charge on any atom is -0.507 e. The van der Waals surface area contributed by atoms with Crippen LogP contribution in [0.4, 0.5) is 0 Å². The van der Waals surface area contributed by atoms with Crippen LogP contribution < -0.4 is 0 Å². The Balaban J connectivity index is 1.79. The average molecular weight is 439 g/mol. The molecule has 1 aromatic heterocycles. The first-order chi connectivity index (χ1) is 16.8. The van der Waals surface area contributed by atoms with Crippen molar-refractivity contribution in [3.63, 3.8) is 0 Å². The highest BCUT2D eigenvalue weighted by molar-refractivity contribution is 6.00. The van der Waals surface area contributed by atoms with E-state index in [0.717, 1.165) is 44.5 Å². The number of rotatable bonds is 4. The van der Waals surface area contributed by atoms with E-state index in [1.807, 2.05) is 78.9 Å². The van der Waals surface area contributed by atoms with Crippen LogP contribution >= 0.6 is 0 Å². The second kappa shape index (κ2) is 8.38. The van der Waals surface area contributed by atoms with Gasteiger partial charge in [-0.3, -0.25) is 4.57 Å². The van der Waals surface area contributed by atoms with Gasteiger partial charge in [-0.1, -0.05) is 109 Å². The van der Waals surface area contributed by atoms with E-state index < -0.39 is 0 Å².